The molecule has 0 unspecified atom stereocenters. The lowest BCUT2D eigenvalue weighted by molar-refractivity contribution is 0.248. The van der Waals surface area contributed by atoms with Crippen molar-refractivity contribution in [1.82, 2.24) is 10.6 Å². The molecular weight excluding hydrogens is 142 g/mol. The van der Waals surface area contributed by atoms with E-state index in [0.717, 1.165) is 13.0 Å². The first kappa shape index (κ1) is 8.33. The van der Waals surface area contributed by atoms with Gasteiger partial charge in [-0.25, -0.2) is 4.79 Å². The molecule has 4 nitrogen and oxygen atoms in total. The number of hydrogen-bond acceptors (Lipinski definition) is 2. The summed E-state index contributed by atoms with van der Waals surface area (Å²) in [6.45, 7) is 1.80. The number of primary amides is 1. The Hall–Kier alpha value is -0.770. The van der Waals surface area contributed by atoms with Crippen molar-refractivity contribution in [2.45, 2.75) is 25.3 Å². The van der Waals surface area contributed by atoms with Crippen LogP contribution in [0.25, 0.3) is 0 Å². The van der Waals surface area contributed by atoms with Gasteiger partial charge in [-0.1, -0.05) is 0 Å². The molecule has 0 radical (unpaired) electrons. The third-order valence-electron chi connectivity index (χ3n) is 1.95. The van der Waals surface area contributed by atoms with E-state index in [9.17, 15) is 4.79 Å². The molecular formula is C7H15N3O. The maximum Gasteiger partial charge on any atom is 0.312 e. The fourth-order valence-electron chi connectivity index (χ4n) is 1.37. The second kappa shape index (κ2) is 4.18. The average Bonchev–Trinajstić information content (AvgIpc) is 2.39. The first-order valence-corrected chi connectivity index (χ1v) is 4.06. The summed E-state index contributed by atoms with van der Waals surface area (Å²) in [6.07, 6.45) is 3.46. The van der Waals surface area contributed by atoms with Gasteiger partial charge >= 0.3 is 6.03 Å². The van der Waals surface area contributed by atoms with Gasteiger partial charge in [0, 0.05) is 12.6 Å². The van der Waals surface area contributed by atoms with Crippen molar-refractivity contribution >= 4 is 6.03 Å². The summed E-state index contributed by atoms with van der Waals surface area (Å²) in [5, 5.41) is 5.91. The molecule has 1 rings (SSSR count). The zero-order chi connectivity index (χ0) is 8.10. The highest BCUT2D eigenvalue weighted by atomic mass is 16.2. The summed E-state index contributed by atoms with van der Waals surface area (Å²) in [5.74, 6) is 0. The van der Waals surface area contributed by atoms with Crippen molar-refractivity contribution in [3.63, 3.8) is 0 Å². The van der Waals surface area contributed by atoms with Gasteiger partial charge in [-0.05, 0) is 25.8 Å². The molecule has 1 aliphatic heterocycles. The minimum absolute atomic E-state index is 0.428. The van der Waals surface area contributed by atoms with E-state index in [0.29, 0.717) is 12.6 Å². The van der Waals surface area contributed by atoms with Crippen molar-refractivity contribution in [2.75, 3.05) is 13.1 Å². The molecule has 11 heavy (non-hydrogen) atoms. The van der Waals surface area contributed by atoms with Crippen LogP contribution in [0.1, 0.15) is 19.3 Å². The van der Waals surface area contributed by atoms with Crippen molar-refractivity contribution in [3.05, 3.63) is 0 Å². The predicted octanol–water partition coefficient (Wildman–Crippen LogP) is -0.203. The predicted molar refractivity (Wildman–Crippen MR) is 43.2 cm³/mol. The van der Waals surface area contributed by atoms with E-state index in [2.05, 4.69) is 10.6 Å². The third-order valence-corrected chi connectivity index (χ3v) is 1.95. The molecule has 2 amide bonds. The van der Waals surface area contributed by atoms with Gasteiger partial charge in [-0.2, -0.15) is 0 Å². The Labute approximate surface area is 66.5 Å². The summed E-state index contributed by atoms with van der Waals surface area (Å²) >= 11 is 0. The molecule has 0 bridgehead atoms. The molecule has 0 spiro atoms. The number of nitrogens with two attached hydrogens (primary N) is 1. The van der Waals surface area contributed by atoms with Crippen LogP contribution in [0.2, 0.25) is 0 Å². The van der Waals surface area contributed by atoms with Crippen LogP contribution in [0.4, 0.5) is 4.79 Å². The zero-order valence-electron chi connectivity index (χ0n) is 6.60. The van der Waals surface area contributed by atoms with E-state index >= 15 is 0 Å². The number of nitrogens with one attached hydrogen (secondary N) is 2. The Morgan fingerprint density at radius 3 is 3.09 bits per heavy atom. The first-order valence-electron chi connectivity index (χ1n) is 4.06. The maximum atomic E-state index is 10.3. The van der Waals surface area contributed by atoms with Crippen LogP contribution in [0, 0.1) is 0 Å². The molecule has 1 aliphatic rings. The highest BCUT2D eigenvalue weighted by Gasteiger charge is 2.12. The Bertz CT molecular complexity index is 132. The largest absolute Gasteiger partial charge is 0.352 e. The summed E-state index contributed by atoms with van der Waals surface area (Å²) in [4.78, 5) is 10.3. The molecule has 0 aliphatic carbocycles. The lowest BCUT2D eigenvalue weighted by Crippen LogP contribution is -2.33. The van der Waals surface area contributed by atoms with E-state index in [1.807, 2.05) is 0 Å². The summed E-state index contributed by atoms with van der Waals surface area (Å²) in [6, 6.07) is 0.157. The molecule has 1 atom stereocenters. The quantitative estimate of drug-likeness (QED) is 0.531. The van der Waals surface area contributed by atoms with Gasteiger partial charge in [0.1, 0.15) is 0 Å². The zero-order valence-corrected chi connectivity index (χ0v) is 6.60. The Kier molecular flexibility index (Phi) is 3.16. The summed E-state index contributed by atoms with van der Waals surface area (Å²) < 4.78 is 0. The highest BCUT2D eigenvalue weighted by molar-refractivity contribution is 5.71. The molecule has 1 heterocycles. The average molecular weight is 157 g/mol. The van der Waals surface area contributed by atoms with Crippen LogP contribution in [0.3, 0.4) is 0 Å². The van der Waals surface area contributed by atoms with Gasteiger partial charge in [0.05, 0.1) is 0 Å². The van der Waals surface area contributed by atoms with Gasteiger partial charge < -0.3 is 16.4 Å². The van der Waals surface area contributed by atoms with Crippen molar-refractivity contribution < 1.29 is 4.79 Å². The number of rotatable bonds is 3. The summed E-state index contributed by atoms with van der Waals surface area (Å²) in [7, 11) is 0. The highest BCUT2D eigenvalue weighted by Crippen LogP contribution is 2.07. The molecule has 1 fully saturated rings. The van der Waals surface area contributed by atoms with Crippen LogP contribution in [0.15, 0.2) is 0 Å². The molecule has 1 saturated heterocycles. The Morgan fingerprint density at radius 2 is 2.55 bits per heavy atom. The van der Waals surface area contributed by atoms with Crippen LogP contribution in [-0.2, 0) is 0 Å². The van der Waals surface area contributed by atoms with E-state index in [4.69, 9.17) is 5.73 Å². The molecule has 64 valence electrons. The fraction of sp³-hybridized carbons (Fsp3) is 0.857. The number of urea groups is 1. The van der Waals surface area contributed by atoms with Gasteiger partial charge in [0.25, 0.3) is 0 Å². The lowest BCUT2D eigenvalue weighted by atomic mass is 10.2. The molecule has 4 N–H and O–H groups in total. The molecule has 0 aromatic rings. The minimum atomic E-state index is -0.428. The van der Waals surface area contributed by atoms with E-state index in [1.54, 1.807) is 0 Å². The van der Waals surface area contributed by atoms with E-state index in [-0.39, 0.29) is 0 Å². The first-order chi connectivity index (χ1) is 5.29. The Balaban J connectivity index is 1.98. The van der Waals surface area contributed by atoms with Crippen molar-refractivity contribution in [3.8, 4) is 0 Å². The van der Waals surface area contributed by atoms with E-state index < -0.39 is 6.03 Å². The van der Waals surface area contributed by atoms with Crippen LogP contribution in [-0.4, -0.2) is 25.2 Å². The smallest absolute Gasteiger partial charge is 0.312 e. The second-order valence-electron chi connectivity index (χ2n) is 2.87. The fourth-order valence-corrected chi connectivity index (χ4v) is 1.37. The number of hydrogen-bond donors (Lipinski definition) is 3. The summed E-state index contributed by atoms with van der Waals surface area (Å²) in [5.41, 5.74) is 4.91. The second-order valence-corrected chi connectivity index (χ2v) is 2.87. The van der Waals surface area contributed by atoms with Crippen LogP contribution >= 0.6 is 0 Å². The normalized spacial score (nSPS) is 23.5. The van der Waals surface area contributed by atoms with Gasteiger partial charge in [-0.15, -0.1) is 0 Å². The Morgan fingerprint density at radius 1 is 1.73 bits per heavy atom. The molecule has 0 aromatic heterocycles. The molecule has 0 saturated carbocycles. The SMILES string of the molecule is NC(=O)NCC[C@@H]1CCCN1. The van der Waals surface area contributed by atoms with Gasteiger partial charge in [0.2, 0.25) is 0 Å². The molecule has 4 heteroatoms. The van der Waals surface area contributed by atoms with Gasteiger partial charge in [-0.3, -0.25) is 0 Å². The topological polar surface area (TPSA) is 67.2 Å². The van der Waals surface area contributed by atoms with Crippen LogP contribution < -0.4 is 16.4 Å². The third kappa shape index (κ3) is 3.23. The number of carbonyl (C=O) groups is 1. The number of amides is 2. The van der Waals surface area contributed by atoms with Crippen molar-refractivity contribution in [2.24, 2.45) is 5.73 Å². The monoisotopic (exact) mass is 157 g/mol. The lowest BCUT2D eigenvalue weighted by Gasteiger charge is -2.08. The maximum absolute atomic E-state index is 10.3. The minimum Gasteiger partial charge on any atom is -0.352 e. The molecule has 0 aromatic carbocycles. The van der Waals surface area contributed by atoms with Crippen LogP contribution in [0.5, 0.6) is 0 Å². The van der Waals surface area contributed by atoms with E-state index in [1.165, 1.54) is 12.8 Å². The number of carbonyl (C=O) groups excluding carboxylic acids is 1. The van der Waals surface area contributed by atoms with Crippen molar-refractivity contribution in [1.29, 1.82) is 0 Å². The van der Waals surface area contributed by atoms with Gasteiger partial charge in [0.15, 0.2) is 0 Å². The standard InChI is InChI=1S/C7H15N3O/c8-7(11)10-5-3-6-2-1-4-9-6/h6,9H,1-5H2,(H3,8,10,11)/t6-/m0/s1.